The average molecular weight is 226 g/mol. The fourth-order valence-corrected chi connectivity index (χ4v) is 1.74. The van der Waals surface area contributed by atoms with E-state index in [0.29, 0.717) is 5.84 Å². The highest BCUT2D eigenvalue weighted by molar-refractivity contribution is 7.12. The Kier molecular flexibility index (Phi) is 2.84. The van der Waals surface area contributed by atoms with E-state index in [1.54, 1.807) is 11.3 Å². The SMILES string of the molecule is COC(=O)CN1NN=C(c2cccs2)N1. The van der Waals surface area contributed by atoms with Crippen LogP contribution in [0.25, 0.3) is 0 Å². The van der Waals surface area contributed by atoms with Crippen molar-refractivity contribution in [3.8, 4) is 0 Å². The Morgan fingerprint density at radius 3 is 3.27 bits per heavy atom. The molecule has 2 rings (SSSR count). The normalized spacial score (nSPS) is 15.4. The van der Waals surface area contributed by atoms with Gasteiger partial charge < -0.3 is 4.74 Å². The van der Waals surface area contributed by atoms with Crippen LogP contribution in [0.1, 0.15) is 4.88 Å². The lowest BCUT2D eigenvalue weighted by molar-refractivity contribution is -0.143. The fraction of sp³-hybridized carbons (Fsp3) is 0.250. The number of ether oxygens (including phenoxy) is 1. The molecule has 0 radical (unpaired) electrons. The minimum atomic E-state index is -0.336. The lowest BCUT2D eigenvalue weighted by Crippen LogP contribution is -2.44. The van der Waals surface area contributed by atoms with Gasteiger partial charge in [0, 0.05) is 0 Å². The summed E-state index contributed by atoms with van der Waals surface area (Å²) in [7, 11) is 1.35. The lowest BCUT2D eigenvalue weighted by atomic mass is 10.4. The van der Waals surface area contributed by atoms with E-state index in [9.17, 15) is 4.79 Å². The van der Waals surface area contributed by atoms with Crippen molar-refractivity contribution in [1.82, 2.24) is 16.1 Å². The molecule has 6 nitrogen and oxygen atoms in total. The number of rotatable bonds is 3. The van der Waals surface area contributed by atoms with E-state index in [2.05, 4.69) is 20.8 Å². The fourth-order valence-electron chi connectivity index (χ4n) is 1.08. The van der Waals surface area contributed by atoms with E-state index in [1.165, 1.54) is 12.2 Å². The number of carbonyl (C=O) groups excluding carboxylic acids is 1. The summed E-state index contributed by atoms with van der Waals surface area (Å²) in [5.41, 5.74) is 5.62. The zero-order valence-electron chi connectivity index (χ0n) is 8.06. The Labute approximate surface area is 90.5 Å². The van der Waals surface area contributed by atoms with Gasteiger partial charge in [0.2, 0.25) is 0 Å². The van der Waals surface area contributed by atoms with Gasteiger partial charge in [0.25, 0.3) is 0 Å². The number of nitrogens with zero attached hydrogens (tertiary/aromatic N) is 2. The number of hydrogen-bond donors (Lipinski definition) is 2. The van der Waals surface area contributed by atoms with E-state index in [4.69, 9.17) is 0 Å². The molecule has 15 heavy (non-hydrogen) atoms. The van der Waals surface area contributed by atoms with Crippen molar-refractivity contribution in [2.75, 3.05) is 13.7 Å². The molecule has 0 atom stereocenters. The highest BCUT2D eigenvalue weighted by Crippen LogP contribution is 2.10. The van der Waals surface area contributed by atoms with Gasteiger partial charge in [-0.1, -0.05) is 6.07 Å². The molecule has 0 fully saturated rings. The van der Waals surface area contributed by atoms with Crippen LogP contribution >= 0.6 is 11.3 Å². The van der Waals surface area contributed by atoms with Crippen molar-refractivity contribution in [3.05, 3.63) is 22.4 Å². The van der Waals surface area contributed by atoms with Crippen LogP contribution in [-0.4, -0.2) is 30.6 Å². The van der Waals surface area contributed by atoms with Crippen LogP contribution in [0, 0.1) is 0 Å². The first-order valence-corrected chi connectivity index (χ1v) is 5.16. The molecule has 0 aromatic carbocycles. The summed E-state index contributed by atoms with van der Waals surface area (Å²) in [6.45, 7) is 0.0921. The molecular weight excluding hydrogens is 216 g/mol. The highest BCUT2D eigenvalue weighted by atomic mass is 32.1. The maximum atomic E-state index is 11.0. The summed E-state index contributed by atoms with van der Waals surface area (Å²) in [5, 5.41) is 7.45. The quantitative estimate of drug-likeness (QED) is 0.705. The maximum Gasteiger partial charge on any atom is 0.323 e. The van der Waals surface area contributed by atoms with E-state index in [0.717, 1.165) is 4.88 Å². The zero-order chi connectivity index (χ0) is 10.7. The summed E-state index contributed by atoms with van der Waals surface area (Å²) in [4.78, 5) is 12.0. The van der Waals surface area contributed by atoms with Crippen molar-refractivity contribution >= 4 is 23.1 Å². The van der Waals surface area contributed by atoms with E-state index >= 15 is 0 Å². The highest BCUT2D eigenvalue weighted by Gasteiger charge is 2.19. The number of thiophene rings is 1. The van der Waals surface area contributed by atoms with Crippen LogP contribution < -0.4 is 11.0 Å². The van der Waals surface area contributed by atoms with Crippen LogP contribution in [0.3, 0.4) is 0 Å². The molecule has 1 aromatic rings. The molecule has 0 amide bonds. The molecular formula is C8H10N4O2S. The van der Waals surface area contributed by atoms with Crippen LogP contribution in [0.2, 0.25) is 0 Å². The molecule has 0 saturated carbocycles. The number of methoxy groups -OCH3 is 1. The van der Waals surface area contributed by atoms with Gasteiger partial charge in [-0.25, -0.2) is 5.53 Å². The maximum absolute atomic E-state index is 11.0. The summed E-state index contributed by atoms with van der Waals surface area (Å²) in [6.07, 6.45) is 0. The number of hydrazone groups is 1. The van der Waals surface area contributed by atoms with Crippen LogP contribution in [0.5, 0.6) is 0 Å². The van der Waals surface area contributed by atoms with Gasteiger partial charge >= 0.3 is 5.97 Å². The van der Waals surface area contributed by atoms with Crippen LogP contribution in [0.15, 0.2) is 22.6 Å². The molecule has 2 N–H and O–H groups in total. The minimum Gasteiger partial charge on any atom is -0.468 e. The number of hydrazine groups is 2. The number of carbonyl (C=O) groups is 1. The number of esters is 1. The number of hydrogen-bond acceptors (Lipinski definition) is 7. The van der Waals surface area contributed by atoms with Gasteiger partial charge in [0.05, 0.1) is 12.0 Å². The first kappa shape index (κ1) is 9.94. The molecule has 2 heterocycles. The molecule has 1 aliphatic heterocycles. The smallest absolute Gasteiger partial charge is 0.323 e. The van der Waals surface area contributed by atoms with Crippen LogP contribution in [0.4, 0.5) is 0 Å². The van der Waals surface area contributed by atoms with E-state index in [1.807, 2.05) is 17.5 Å². The van der Waals surface area contributed by atoms with Gasteiger partial charge in [-0.05, 0) is 11.4 Å². The summed E-state index contributed by atoms with van der Waals surface area (Å²) in [6, 6.07) is 3.88. The van der Waals surface area contributed by atoms with Crippen LogP contribution in [-0.2, 0) is 9.53 Å². The molecule has 0 unspecified atom stereocenters. The van der Waals surface area contributed by atoms with Gasteiger partial charge in [-0.15, -0.1) is 21.6 Å². The van der Waals surface area contributed by atoms with Gasteiger partial charge in [-0.3, -0.25) is 10.2 Å². The van der Waals surface area contributed by atoms with Crippen molar-refractivity contribution in [3.63, 3.8) is 0 Å². The van der Waals surface area contributed by atoms with E-state index in [-0.39, 0.29) is 12.5 Å². The Morgan fingerprint density at radius 1 is 1.73 bits per heavy atom. The van der Waals surface area contributed by atoms with Crippen molar-refractivity contribution in [1.29, 1.82) is 0 Å². The van der Waals surface area contributed by atoms with Gasteiger partial charge in [0.15, 0.2) is 5.84 Å². The number of nitrogens with one attached hydrogen (secondary N) is 2. The molecule has 7 heteroatoms. The first-order valence-electron chi connectivity index (χ1n) is 4.28. The molecule has 1 aliphatic rings. The molecule has 1 aromatic heterocycles. The second-order valence-corrected chi connectivity index (χ2v) is 3.76. The minimum absolute atomic E-state index is 0.0921. The molecule has 0 spiro atoms. The first-order chi connectivity index (χ1) is 7.29. The van der Waals surface area contributed by atoms with Gasteiger partial charge in [-0.2, -0.15) is 0 Å². The zero-order valence-corrected chi connectivity index (χ0v) is 8.87. The van der Waals surface area contributed by atoms with Crippen molar-refractivity contribution in [2.45, 2.75) is 0 Å². The molecule has 0 bridgehead atoms. The molecule has 0 aliphatic carbocycles. The Hall–Kier alpha value is -1.60. The Balaban J connectivity index is 1.91. The third-order valence-corrected chi connectivity index (χ3v) is 2.67. The second-order valence-electron chi connectivity index (χ2n) is 2.81. The second kappa shape index (κ2) is 4.28. The van der Waals surface area contributed by atoms with Crippen molar-refractivity contribution < 1.29 is 9.53 Å². The molecule has 80 valence electrons. The third kappa shape index (κ3) is 2.25. The van der Waals surface area contributed by atoms with E-state index < -0.39 is 0 Å². The predicted octanol–water partition coefficient (Wildman–Crippen LogP) is -0.0925. The standard InChI is InChI=1S/C8H10N4O2S/c1-14-7(13)5-12-10-8(9-11-12)6-3-2-4-15-6/h2-4,11H,5H2,1H3,(H,9,10). The summed E-state index contributed by atoms with van der Waals surface area (Å²) < 4.78 is 4.53. The summed E-state index contributed by atoms with van der Waals surface area (Å²) >= 11 is 1.57. The third-order valence-electron chi connectivity index (χ3n) is 1.79. The largest absolute Gasteiger partial charge is 0.468 e. The average Bonchev–Trinajstić information content (AvgIpc) is 2.85. The topological polar surface area (TPSA) is 66.0 Å². The predicted molar refractivity (Wildman–Crippen MR) is 55.8 cm³/mol. The lowest BCUT2D eigenvalue weighted by Gasteiger charge is -2.13. The Morgan fingerprint density at radius 2 is 2.60 bits per heavy atom. The van der Waals surface area contributed by atoms with Crippen molar-refractivity contribution in [2.24, 2.45) is 5.10 Å². The summed E-state index contributed by atoms with van der Waals surface area (Å²) in [5.74, 6) is 0.367. The monoisotopic (exact) mass is 226 g/mol. The number of amidine groups is 1. The Bertz CT molecular complexity index is 376. The molecule has 0 saturated heterocycles. The van der Waals surface area contributed by atoms with Gasteiger partial charge in [0.1, 0.15) is 6.54 Å².